The monoisotopic (exact) mass is 391 g/mol. The maximum absolute atomic E-state index is 12.4. The SMILES string of the molecule is Cc1cc(Cl)ccc1N1CCN(C(=O)NCCc2cccc(Cl)c2)CC1. The second-order valence-electron chi connectivity index (χ2n) is 6.52. The van der Waals surface area contributed by atoms with Gasteiger partial charge in [-0.05, 0) is 54.8 Å². The van der Waals surface area contributed by atoms with E-state index in [0.29, 0.717) is 19.6 Å². The number of rotatable bonds is 4. The highest BCUT2D eigenvalue weighted by atomic mass is 35.5. The maximum atomic E-state index is 12.4. The summed E-state index contributed by atoms with van der Waals surface area (Å²) in [5.74, 6) is 0. The first-order chi connectivity index (χ1) is 12.5. The molecule has 1 aliphatic heterocycles. The van der Waals surface area contributed by atoms with E-state index in [0.717, 1.165) is 40.7 Å². The van der Waals surface area contributed by atoms with Gasteiger partial charge in [-0.3, -0.25) is 0 Å². The Hall–Kier alpha value is -1.91. The molecule has 26 heavy (non-hydrogen) atoms. The van der Waals surface area contributed by atoms with Crippen LogP contribution < -0.4 is 10.2 Å². The molecule has 3 rings (SSSR count). The fraction of sp³-hybridized carbons (Fsp3) is 0.350. The van der Waals surface area contributed by atoms with Gasteiger partial charge in [-0.2, -0.15) is 0 Å². The summed E-state index contributed by atoms with van der Waals surface area (Å²) in [6, 6.07) is 13.7. The Morgan fingerprint density at radius 1 is 1.04 bits per heavy atom. The summed E-state index contributed by atoms with van der Waals surface area (Å²) in [5, 5.41) is 4.48. The molecule has 0 aromatic heterocycles. The lowest BCUT2D eigenvalue weighted by atomic mass is 10.1. The van der Waals surface area contributed by atoms with Crippen LogP contribution in [0.3, 0.4) is 0 Å². The van der Waals surface area contributed by atoms with Gasteiger partial charge in [0.2, 0.25) is 0 Å². The third kappa shape index (κ3) is 4.83. The van der Waals surface area contributed by atoms with Crippen LogP contribution in [-0.4, -0.2) is 43.7 Å². The van der Waals surface area contributed by atoms with E-state index in [4.69, 9.17) is 23.2 Å². The molecule has 1 aliphatic rings. The number of benzene rings is 2. The summed E-state index contributed by atoms with van der Waals surface area (Å²) in [5.41, 5.74) is 3.48. The van der Waals surface area contributed by atoms with Crippen molar-refractivity contribution in [3.8, 4) is 0 Å². The summed E-state index contributed by atoms with van der Waals surface area (Å²) >= 11 is 12.0. The van der Waals surface area contributed by atoms with Gasteiger partial charge in [-0.1, -0.05) is 35.3 Å². The first-order valence-electron chi connectivity index (χ1n) is 8.81. The highest BCUT2D eigenvalue weighted by Gasteiger charge is 2.21. The average Bonchev–Trinajstić information content (AvgIpc) is 2.62. The number of hydrogen-bond donors (Lipinski definition) is 1. The lowest BCUT2D eigenvalue weighted by Gasteiger charge is -2.36. The number of piperazine rings is 1. The Morgan fingerprint density at radius 2 is 1.77 bits per heavy atom. The molecule has 4 nitrogen and oxygen atoms in total. The topological polar surface area (TPSA) is 35.6 Å². The van der Waals surface area contributed by atoms with Crippen molar-refractivity contribution in [2.24, 2.45) is 0 Å². The van der Waals surface area contributed by atoms with Crippen LogP contribution >= 0.6 is 23.2 Å². The minimum atomic E-state index is -0.000457. The molecule has 1 fully saturated rings. The van der Waals surface area contributed by atoms with Crippen molar-refractivity contribution in [3.63, 3.8) is 0 Å². The lowest BCUT2D eigenvalue weighted by Crippen LogP contribution is -2.52. The molecule has 0 aliphatic carbocycles. The molecule has 0 radical (unpaired) electrons. The largest absolute Gasteiger partial charge is 0.368 e. The number of aryl methyl sites for hydroxylation is 1. The van der Waals surface area contributed by atoms with Gasteiger partial charge in [-0.15, -0.1) is 0 Å². The van der Waals surface area contributed by atoms with Crippen molar-refractivity contribution < 1.29 is 4.79 Å². The van der Waals surface area contributed by atoms with Crippen LogP contribution in [0.1, 0.15) is 11.1 Å². The van der Waals surface area contributed by atoms with E-state index in [1.54, 1.807) is 0 Å². The number of amides is 2. The number of hydrogen-bond acceptors (Lipinski definition) is 2. The molecule has 1 N–H and O–H groups in total. The van der Waals surface area contributed by atoms with Gasteiger partial charge in [0.25, 0.3) is 0 Å². The van der Waals surface area contributed by atoms with Gasteiger partial charge in [-0.25, -0.2) is 4.79 Å². The van der Waals surface area contributed by atoms with Crippen LogP contribution in [0.25, 0.3) is 0 Å². The molecule has 6 heteroatoms. The predicted molar refractivity (Wildman–Crippen MR) is 109 cm³/mol. The fourth-order valence-corrected chi connectivity index (χ4v) is 3.68. The van der Waals surface area contributed by atoms with Crippen molar-refractivity contribution >= 4 is 34.9 Å². The van der Waals surface area contributed by atoms with E-state index in [-0.39, 0.29) is 6.03 Å². The third-order valence-electron chi connectivity index (χ3n) is 4.65. The van der Waals surface area contributed by atoms with Gasteiger partial charge in [0.15, 0.2) is 0 Å². The molecule has 138 valence electrons. The van der Waals surface area contributed by atoms with Gasteiger partial charge in [0.1, 0.15) is 0 Å². The van der Waals surface area contributed by atoms with Crippen molar-refractivity contribution in [2.45, 2.75) is 13.3 Å². The number of urea groups is 1. The van der Waals surface area contributed by atoms with Gasteiger partial charge < -0.3 is 15.1 Å². The predicted octanol–water partition coefficient (Wildman–Crippen LogP) is 4.38. The summed E-state index contributed by atoms with van der Waals surface area (Å²) in [7, 11) is 0. The molecular weight excluding hydrogens is 369 g/mol. The summed E-state index contributed by atoms with van der Waals surface area (Å²) in [4.78, 5) is 16.5. The number of halogens is 2. The average molecular weight is 392 g/mol. The van der Waals surface area contributed by atoms with Crippen molar-refractivity contribution in [1.29, 1.82) is 0 Å². The van der Waals surface area contributed by atoms with Crippen LogP contribution in [-0.2, 0) is 6.42 Å². The van der Waals surface area contributed by atoms with Crippen LogP contribution in [0.15, 0.2) is 42.5 Å². The minimum absolute atomic E-state index is 0.000457. The first-order valence-corrected chi connectivity index (χ1v) is 9.57. The lowest BCUT2D eigenvalue weighted by molar-refractivity contribution is 0.194. The van der Waals surface area contributed by atoms with Gasteiger partial charge >= 0.3 is 6.03 Å². The zero-order valence-electron chi connectivity index (χ0n) is 14.8. The molecule has 2 aromatic rings. The third-order valence-corrected chi connectivity index (χ3v) is 5.12. The second-order valence-corrected chi connectivity index (χ2v) is 7.39. The second kappa shape index (κ2) is 8.65. The van der Waals surface area contributed by atoms with E-state index in [9.17, 15) is 4.79 Å². The summed E-state index contributed by atoms with van der Waals surface area (Å²) < 4.78 is 0. The quantitative estimate of drug-likeness (QED) is 0.839. The van der Waals surface area contributed by atoms with Crippen LogP contribution in [0.5, 0.6) is 0 Å². The molecule has 2 amide bonds. The maximum Gasteiger partial charge on any atom is 0.317 e. The van der Waals surface area contributed by atoms with Crippen LogP contribution in [0.2, 0.25) is 10.0 Å². The molecule has 1 saturated heterocycles. The molecule has 1 heterocycles. The molecule has 0 bridgehead atoms. The molecule has 0 spiro atoms. The molecule has 2 aromatic carbocycles. The Kier molecular flexibility index (Phi) is 6.28. The highest BCUT2D eigenvalue weighted by molar-refractivity contribution is 6.31. The van der Waals surface area contributed by atoms with E-state index >= 15 is 0 Å². The van der Waals surface area contributed by atoms with Gasteiger partial charge in [0, 0.05) is 48.5 Å². The van der Waals surface area contributed by atoms with Crippen molar-refractivity contribution in [1.82, 2.24) is 10.2 Å². The normalized spacial score (nSPS) is 14.4. The zero-order valence-corrected chi connectivity index (χ0v) is 16.4. The van der Waals surface area contributed by atoms with Crippen molar-refractivity contribution in [2.75, 3.05) is 37.6 Å². The Balaban J connectivity index is 1.46. The molecule has 0 atom stereocenters. The number of carbonyl (C=O) groups excluding carboxylic acids is 1. The Labute approximate surface area is 164 Å². The van der Waals surface area contributed by atoms with Crippen LogP contribution in [0.4, 0.5) is 10.5 Å². The fourth-order valence-electron chi connectivity index (χ4n) is 3.24. The highest BCUT2D eigenvalue weighted by Crippen LogP contribution is 2.24. The summed E-state index contributed by atoms with van der Waals surface area (Å²) in [6.45, 7) is 5.75. The minimum Gasteiger partial charge on any atom is -0.368 e. The van der Waals surface area contributed by atoms with E-state index in [2.05, 4.69) is 23.2 Å². The Bertz CT molecular complexity index is 773. The Morgan fingerprint density at radius 3 is 2.46 bits per heavy atom. The zero-order chi connectivity index (χ0) is 18.5. The van der Waals surface area contributed by atoms with E-state index in [1.165, 1.54) is 5.69 Å². The first kappa shape index (κ1) is 18.9. The molecule has 0 saturated carbocycles. The summed E-state index contributed by atoms with van der Waals surface area (Å²) in [6.07, 6.45) is 0.774. The number of anilines is 1. The number of nitrogens with zero attached hydrogens (tertiary/aromatic N) is 2. The number of nitrogens with one attached hydrogen (secondary N) is 1. The molecule has 0 unspecified atom stereocenters. The standard InChI is InChI=1S/C20H23Cl2N3O/c1-15-13-18(22)5-6-19(15)24-9-11-25(12-10-24)20(26)23-8-7-16-3-2-4-17(21)14-16/h2-6,13-14H,7-12H2,1H3,(H,23,26). The van der Waals surface area contributed by atoms with Gasteiger partial charge in [0.05, 0.1) is 0 Å². The van der Waals surface area contributed by atoms with E-state index in [1.807, 2.05) is 41.3 Å². The molecular formula is C20H23Cl2N3O. The smallest absolute Gasteiger partial charge is 0.317 e. The van der Waals surface area contributed by atoms with E-state index < -0.39 is 0 Å². The number of carbonyl (C=O) groups is 1. The van der Waals surface area contributed by atoms with Crippen LogP contribution in [0, 0.1) is 6.92 Å². The van der Waals surface area contributed by atoms with Crippen molar-refractivity contribution in [3.05, 3.63) is 63.6 Å².